The van der Waals surface area contributed by atoms with E-state index in [1.54, 1.807) is 6.92 Å². The lowest BCUT2D eigenvalue weighted by atomic mass is 10.4. The van der Waals surface area contributed by atoms with Crippen molar-refractivity contribution in [3.05, 3.63) is 0 Å². The van der Waals surface area contributed by atoms with Crippen LogP contribution in [-0.2, 0) is 14.8 Å². The Balaban J connectivity index is 4.03. The molecule has 5 nitrogen and oxygen atoms in total. The molecule has 2 N–H and O–H groups in total. The molecule has 0 aromatic rings. The van der Waals surface area contributed by atoms with Crippen LogP contribution < -0.4 is 10.0 Å². The summed E-state index contributed by atoms with van der Waals surface area (Å²) in [6.45, 7) is 9.53. The number of hydrogen-bond acceptors (Lipinski definition) is 4. The zero-order valence-electron chi connectivity index (χ0n) is 10.6. The molecule has 0 saturated carbocycles. The van der Waals surface area contributed by atoms with Crippen LogP contribution in [0.25, 0.3) is 0 Å². The third kappa shape index (κ3) is 6.42. The van der Waals surface area contributed by atoms with E-state index in [4.69, 9.17) is 4.74 Å². The lowest BCUT2D eigenvalue weighted by molar-refractivity contribution is 0.0799. The molecule has 0 bridgehead atoms. The van der Waals surface area contributed by atoms with Gasteiger partial charge in [-0.1, -0.05) is 6.92 Å². The van der Waals surface area contributed by atoms with Crippen LogP contribution in [0.2, 0.25) is 0 Å². The Morgan fingerprint density at radius 1 is 1.19 bits per heavy atom. The van der Waals surface area contributed by atoms with Crippen molar-refractivity contribution in [2.24, 2.45) is 0 Å². The Labute approximate surface area is 99.0 Å². The molecule has 6 heteroatoms. The fourth-order valence-corrected chi connectivity index (χ4v) is 2.27. The van der Waals surface area contributed by atoms with Gasteiger partial charge in [-0.3, -0.25) is 0 Å². The minimum atomic E-state index is -3.24. The summed E-state index contributed by atoms with van der Waals surface area (Å²) in [4.78, 5) is 0. The second kappa shape index (κ2) is 8.00. The molecule has 0 heterocycles. The first-order valence-corrected chi connectivity index (χ1v) is 7.29. The van der Waals surface area contributed by atoms with E-state index >= 15 is 0 Å². The molecule has 0 saturated heterocycles. The first-order chi connectivity index (χ1) is 7.44. The average Bonchev–Trinajstić information content (AvgIpc) is 2.23. The Hall–Kier alpha value is -0.170. The molecule has 16 heavy (non-hydrogen) atoms. The van der Waals surface area contributed by atoms with Crippen molar-refractivity contribution in [3.8, 4) is 0 Å². The largest absolute Gasteiger partial charge is 0.377 e. The summed E-state index contributed by atoms with van der Waals surface area (Å²) in [6, 6.07) is 0. The van der Waals surface area contributed by atoms with Crippen LogP contribution in [0.1, 0.15) is 27.7 Å². The maximum Gasteiger partial charge on any atom is 0.215 e. The summed E-state index contributed by atoms with van der Waals surface area (Å²) >= 11 is 0. The van der Waals surface area contributed by atoms with Crippen LogP contribution in [-0.4, -0.2) is 46.0 Å². The van der Waals surface area contributed by atoms with Gasteiger partial charge in [0.15, 0.2) is 0 Å². The molecule has 0 aromatic heterocycles. The summed E-state index contributed by atoms with van der Waals surface area (Å²) in [5.74, 6) is 0. The maximum atomic E-state index is 11.7. The van der Waals surface area contributed by atoms with Gasteiger partial charge < -0.3 is 10.1 Å². The molecule has 0 fully saturated rings. The molecule has 0 aliphatic carbocycles. The third-order valence-electron chi connectivity index (χ3n) is 2.23. The van der Waals surface area contributed by atoms with Gasteiger partial charge >= 0.3 is 0 Å². The lowest BCUT2D eigenvalue weighted by Crippen LogP contribution is -2.41. The van der Waals surface area contributed by atoms with Crippen LogP contribution in [0.4, 0.5) is 0 Å². The van der Waals surface area contributed by atoms with Gasteiger partial charge in [0.25, 0.3) is 0 Å². The number of sulfonamides is 1. The normalized spacial score (nSPS) is 16.0. The van der Waals surface area contributed by atoms with Gasteiger partial charge in [0, 0.05) is 19.7 Å². The highest BCUT2D eigenvalue weighted by Gasteiger charge is 2.20. The predicted molar refractivity (Wildman–Crippen MR) is 66.0 cm³/mol. The summed E-state index contributed by atoms with van der Waals surface area (Å²) in [7, 11) is -3.24. The molecule has 0 rings (SSSR count). The van der Waals surface area contributed by atoms with E-state index < -0.39 is 15.3 Å². The fraction of sp³-hybridized carbons (Fsp3) is 1.00. The molecular formula is C10H24N2O3S. The third-order valence-corrected chi connectivity index (χ3v) is 4.03. The van der Waals surface area contributed by atoms with Crippen molar-refractivity contribution in [2.75, 3.05) is 26.2 Å². The molecule has 0 amide bonds. The lowest BCUT2D eigenvalue weighted by Gasteiger charge is -2.17. The van der Waals surface area contributed by atoms with Crippen LogP contribution in [0.15, 0.2) is 0 Å². The Morgan fingerprint density at radius 3 is 2.31 bits per heavy atom. The number of ether oxygens (including phenoxy) is 1. The molecule has 0 aliphatic heterocycles. The van der Waals surface area contributed by atoms with E-state index in [2.05, 4.69) is 10.0 Å². The van der Waals surface area contributed by atoms with E-state index in [-0.39, 0.29) is 6.10 Å². The highest BCUT2D eigenvalue weighted by molar-refractivity contribution is 7.90. The highest BCUT2D eigenvalue weighted by Crippen LogP contribution is 1.98. The van der Waals surface area contributed by atoms with Crippen molar-refractivity contribution < 1.29 is 13.2 Å². The molecule has 0 aliphatic rings. The number of rotatable bonds is 9. The zero-order chi connectivity index (χ0) is 12.6. The summed E-state index contributed by atoms with van der Waals surface area (Å²) < 4.78 is 31.3. The topological polar surface area (TPSA) is 67.4 Å². The van der Waals surface area contributed by atoms with Crippen molar-refractivity contribution in [1.29, 1.82) is 0 Å². The number of hydrogen-bond donors (Lipinski definition) is 2. The van der Waals surface area contributed by atoms with Crippen LogP contribution in [0, 0.1) is 0 Å². The van der Waals surface area contributed by atoms with E-state index in [9.17, 15) is 8.42 Å². The van der Waals surface area contributed by atoms with Gasteiger partial charge in [-0.2, -0.15) is 0 Å². The number of nitrogens with one attached hydrogen (secondary N) is 2. The van der Waals surface area contributed by atoms with Crippen LogP contribution >= 0.6 is 0 Å². The molecule has 0 spiro atoms. The van der Waals surface area contributed by atoms with Gasteiger partial charge in [0.1, 0.15) is 0 Å². The zero-order valence-corrected chi connectivity index (χ0v) is 11.4. The summed E-state index contributed by atoms with van der Waals surface area (Å²) in [6.07, 6.45) is -0.0916. The molecule has 2 atom stereocenters. The Morgan fingerprint density at radius 2 is 1.81 bits per heavy atom. The Kier molecular flexibility index (Phi) is 7.91. The highest BCUT2D eigenvalue weighted by atomic mass is 32.2. The molecule has 98 valence electrons. The van der Waals surface area contributed by atoms with Crippen molar-refractivity contribution in [2.45, 2.75) is 39.0 Å². The van der Waals surface area contributed by atoms with Gasteiger partial charge in [0.2, 0.25) is 10.0 Å². The Bertz CT molecular complexity index is 267. The minimum Gasteiger partial charge on any atom is -0.377 e. The van der Waals surface area contributed by atoms with Gasteiger partial charge in [-0.15, -0.1) is 0 Å². The molecule has 2 unspecified atom stereocenters. The first kappa shape index (κ1) is 15.8. The molecule has 0 radical (unpaired) electrons. The van der Waals surface area contributed by atoms with Crippen molar-refractivity contribution in [1.82, 2.24) is 10.0 Å². The molecule has 0 aromatic carbocycles. The predicted octanol–water partition coefficient (Wildman–Crippen LogP) is 0.329. The SMILES string of the molecule is CCNCC(C)S(=O)(=O)NCC(C)OCC. The van der Waals surface area contributed by atoms with E-state index in [1.165, 1.54) is 0 Å². The minimum absolute atomic E-state index is 0.0916. The van der Waals surface area contributed by atoms with E-state index in [0.29, 0.717) is 19.7 Å². The van der Waals surface area contributed by atoms with E-state index in [0.717, 1.165) is 6.54 Å². The van der Waals surface area contributed by atoms with Crippen molar-refractivity contribution in [3.63, 3.8) is 0 Å². The fourth-order valence-electron chi connectivity index (χ4n) is 1.18. The van der Waals surface area contributed by atoms with Gasteiger partial charge in [-0.05, 0) is 27.3 Å². The quantitative estimate of drug-likeness (QED) is 0.620. The summed E-state index contributed by atoms with van der Waals surface area (Å²) in [5.41, 5.74) is 0. The van der Waals surface area contributed by atoms with Crippen LogP contribution in [0.5, 0.6) is 0 Å². The monoisotopic (exact) mass is 252 g/mol. The second-order valence-corrected chi connectivity index (χ2v) is 5.96. The smallest absolute Gasteiger partial charge is 0.215 e. The van der Waals surface area contributed by atoms with Gasteiger partial charge in [0.05, 0.1) is 11.4 Å². The maximum absolute atomic E-state index is 11.7. The average molecular weight is 252 g/mol. The first-order valence-electron chi connectivity index (χ1n) is 5.74. The van der Waals surface area contributed by atoms with Gasteiger partial charge in [-0.25, -0.2) is 13.1 Å². The summed E-state index contributed by atoms with van der Waals surface area (Å²) in [5, 5.41) is 2.59. The standard InChI is InChI=1S/C10H24N2O3S/c1-5-11-8-10(4)16(13,14)12-7-9(3)15-6-2/h9-12H,5-8H2,1-4H3. The second-order valence-electron chi connectivity index (χ2n) is 3.78. The van der Waals surface area contributed by atoms with Crippen molar-refractivity contribution >= 4 is 10.0 Å². The van der Waals surface area contributed by atoms with E-state index in [1.807, 2.05) is 20.8 Å². The molecular weight excluding hydrogens is 228 g/mol. The van der Waals surface area contributed by atoms with Crippen LogP contribution in [0.3, 0.4) is 0 Å².